The molecule has 10 heteroatoms. The Bertz CT molecular complexity index is 1110. The summed E-state index contributed by atoms with van der Waals surface area (Å²) in [6.07, 6.45) is -4.53. The number of hydrogen-bond acceptors (Lipinski definition) is 4. The van der Waals surface area contributed by atoms with Gasteiger partial charge in [-0.3, -0.25) is 4.79 Å². The quantitative estimate of drug-likeness (QED) is 0.492. The summed E-state index contributed by atoms with van der Waals surface area (Å²) < 4.78 is 55.3. The highest BCUT2D eigenvalue weighted by molar-refractivity contribution is 6.07. The lowest BCUT2D eigenvalue weighted by Crippen LogP contribution is -2.36. The first-order valence-electron chi connectivity index (χ1n) is 9.89. The number of hydrogen-bond donors (Lipinski definition) is 3. The molecule has 1 aliphatic heterocycles. The molecule has 0 saturated carbocycles. The number of alkyl halides is 3. The van der Waals surface area contributed by atoms with Crippen molar-refractivity contribution in [3.63, 3.8) is 0 Å². The van der Waals surface area contributed by atoms with Crippen molar-refractivity contribution >= 4 is 17.4 Å². The van der Waals surface area contributed by atoms with E-state index in [-0.39, 0.29) is 17.8 Å². The van der Waals surface area contributed by atoms with Crippen LogP contribution in [0.2, 0.25) is 0 Å². The SMILES string of the molecule is C[C@H](O)c1ccc(NC(=O)c2cnn3c2N[C@H](c2ccc(F)cc2)C[C@@H]3C(F)(F)F)cc1. The molecule has 1 amide bonds. The minimum absolute atomic E-state index is 0.0503. The molecule has 2 aromatic carbocycles. The van der Waals surface area contributed by atoms with Crippen LogP contribution in [0.1, 0.15) is 53.0 Å². The third-order valence-corrected chi connectivity index (χ3v) is 5.41. The molecular weight excluding hydrogens is 428 g/mol. The standard InChI is InChI=1S/C22H20F4N4O2/c1-12(31)13-4-8-16(9-5-13)28-21(32)17-11-27-30-19(22(24,25)26)10-18(29-20(17)30)14-2-6-15(23)7-3-14/h2-9,11-12,18-19,29,31H,10H2,1H3,(H,28,32)/t12-,18-,19+/m0/s1. The number of nitrogens with zero attached hydrogens (tertiary/aromatic N) is 2. The van der Waals surface area contributed by atoms with E-state index in [0.29, 0.717) is 16.8 Å². The van der Waals surface area contributed by atoms with Crippen LogP contribution in [0, 0.1) is 5.82 Å². The second-order valence-electron chi connectivity index (χ2n) is 7.65. The Balaban J connectivity index is 1.64. The van der Waals surface area contributed by atoms with E-state index >= 15 is 0 Å². The van der Waals surface area contributed by atoms with Crippen molar-refractivity contribution in [2.45, 2.75) is 37.7 Å². The molecule has 0 radical (unpaired) electrons. The number of nitrogens with one attached hydrogen (secondary N) is 2. The van der Waals surface area contributed by atoms with Crippen LogP contribution in [-0.2, 0) is 0 Å². The number of benzene rings is 2. The van der Waals surface area contributed by atoms with Gasteiger partial charge in [-0.1, -0.05) is 24.3 Å². The molecule has 0 saturated heterocycles. The van der Waals surface area contributed by atoms with Gasteiger partial charge in [0.2, 0.25) is 0 Å². The first-order valence-corrected chi connectivity index (χ1v) is 9.89. The van der Waals surface area contributed by atoms with Crippen LogP contribution in [0.25, 0.3) is 0 Å². The van der Waals surface area contributed by atoms with Crippen molar-refractivity contribution in [2.24, 2.45) is 0 Å². The van der Waals surface area contributed by atoms with Crippen LogP contribution in [0.15, 0.2) is 54.7 Å². The van der Waals surface area contributed by atoms with Gasteiger partial charge in [-0.05, 0) is 42.3 Å². The molecule has 1 aromatic heterocycles. The second kappa shape index (κ2) is 8.27. The maximum Gasteiger partial charge on any atom is 0.410 e. The van der Waals surface area contributed by atoms with Crippen LogP contribution in [0.3, 0.4) is 0 Å². The fourth-order valence-corrected chi connectivity index (χ4v) is 3.69. The summed E-state index contributed by atoms with van der Waals surface area (Å²) in [4.78, 5) is 12.8. The van der Waals surface area contributed by atoms with Crippen molar-refractivity contribution in [1.82, 2.24) is 9.78 Å². The molecule has 0 bridgehead atoms. The average Bonchev–Trinajstić information content (AvgIpc) is 3.17. The maximum atomic E-state index is 13.8. The monoisotopic (exact) mass is 448 g/mol. The van der Waals surface area contributed by atoms with Gasteiger partial charge in [-0.25, -0.2) is 9.07 Å². The van der Waals surface area contributed by atoms with E-state index in [1.807, 2.05) is 0 Å². The Kier molecular flexibility index (Phi) is 5.64. The van der Waals surface area contributed by atoms with Crippen LogP contribution >= 0.6 is 0 Å². The molecule has 1 aliphatic rings. The lowest BCUT2D eigenvalue weighted by atomic mass is 9.96. The van der Waals surface area contributed by atoms with Crippen LogP contribution < -0.4 is 10.6 Å². The van der Waals surface area contributed by atoms with Gasteiger partial charge in [0.1, 0.15) is 17.2 Å². The molecule has 0 aliphatic carbocycles. The number of fused-ring (bicyclic) bond motifs is 1. The van der Waals surface area contributed by atoms with Crippen LogP contribution in [0.5, 0.6) is 0 Å². The van der Waals surface area contributed by atoms with Gasteiger partial charge in [-0.2, -0.15) is 18.3 Å². The molecule has 32 heavy (non-hydrogen) atoms. The van der Waals surface area contributed by atoms with Crippen molar-refractivity contribution in [1.29, 1.82) is 0 Å². The first-order chi connectivity index (χ1) is 15.1. The Hall–Kier alpha value is -3.40. The summed E-state index contributed by atoms with van der Waals surface area (Å²) in [6.45, 7) is 1.60. The van der Waals surface area contributed by atoms with Crippen molar-refractivity contribution in [3.8, 4) is 0 Å². The van der Waals surface area contributed by atoms with Gasteiger partial charge < -0.3 is 15.7 Å². The molecule has 0 fully saturated rings. The van der Waals surface area contributed by atoms with Crippen LogP contribution in [0.4, 0.5) is 29.1 Å². The zero-order valence-corrected chi connectivity index (χ0v) is 16.9. The Morgan fingerprint density at radius 2 is 1.84 bits per heavy atom. The van der Waals surface area contributed by atoms with E-state index < -0.39 is 36.1 Å². The summed E-state index contributed by atoms with van der Waals surface area (Å²) in [5.74, 6) is -1.20. The van der Waals surface area contributed by atoms with Crippen LogP contribution in [-0.4, -0.2) is 27.0 Å². The van der Waals surface area contributed by atoms with Gasteiger partial charge in [0.05, 0.1) is 18.3 Å². The van der Waals surface area contributed by atoms with Gasteiger partial charge in [0, 0.05) is 12.1 Å². The molecule has 3 atom stereocenters. The number of aliphatic hydroxyl groups excluding tert-OH is 1. The predicted octanol–water partition coefficient (Wildman–Crippen LogP) is 4.99. The highest BCUT2D eigenvalue weighted by Gasteiger charge is 2.47. The van der Waals surface area contributed by atoms with E-state index in [9.17, 15) is 27.5 Å². The molecule has 3 N–H and O–H groups in total. The normalized spacial score (nSPS) is 19.1. The average molecular weight is 448 g/mol. The third-order valence-electron chi connectivity index (χ3n) is 5.41. The number of halogens is 4. The highest BCUT2D eigenvalue weighted by Crippen LogP contribution is 2.44. The number of aliphatic hydroxyl groups is 1. The van der Waals surface area contributed by atoms with E-state index in [4.69, 9.17) is 0 Å². The number of anilines is 2. The van der Waals surface area contributed by atoms with E-state index in [0.717, 1.165) is 10.9 Å². The molecule has 3 aromatic rings. The number of carbonyl (C=O) groups is 1. The van der Waals surface area contributed by atoms with Crippen molar-refractivity contribution in [3.05, 3.63) is 77.2 Å². The lowest BCUT2D eigenvalue weighted by molar-refractivity contribution is -0.173. The predicted molar refractivity (Wildman–Crippen MR) is 110 cm³/mol. The lowest BCUT2D eigenvalue weighted by Gasteiger charge is -2.34. The van der Waals surface area contributed by atoms with E-state index in [2.05, 4.69) is 15.7 Å². The maximum absolute atomic E-state index is 13.8. The number of amides is 1. The smallest absolute Gasteiger partial charge is 0.389 e. The number of aromatic nitrogens is 2. The Morgan fingerprint density at radius 1 is 1.19 bits per heavy atom. The van der Waals surface area contributed by atoms with E-state index in [1.54, 1.807) is 31.2 Å². The number of carbonyl (C=O) groups excluding carboxylic acids is 1. The zero-order valence-electron chi connectivity index (χ0n) is 16.9. The van der Waals surface area contributed by atoms with Gasteiger partial charge in [0.25, 0.3) is 5.91 Å². The second-order valence-corrected chi connectivity index (χ2v) is 7.65. The van der Waals surface area contributed by atoms with Crippen molar-refractivity contribution in [2.75, 3.05) is 10.6 Å². The number of rotatable bonds is 4. The first kappa shape index (κ1) is 21.8. The highest BCUT2D eigenvalue weighted by atomic mass is 19.4. The van der Waals surface area contributed by atoms with Gasteiger partial charge in [0.15, 0.2) is 6.04 Å². The minimum Gasteiger partial charge on any atom is -0.389 e. The fourth-order valence-electron chi connectivity index (χ4n) is 3.69. The molecule has 0 unspecified atom stereocenters. The van der Waals surface area contributed by atoms with Gasteiger partial charge >= 0.3 is 6.18 Å². The van der Waals surface area contributed by atoms with Gasteiger partial charge in [-0.15, -0.1) is 0 Å². The van der Waals surface area contributed by atoms with Crippen molar-refractivity contribution < 1.29 is 27.5 Å². The topological polar surface area (TPSA) is 79.2 Å². The molecular formula is C22H20F4N4O2. The summed E-state index contributed by atoms with van der Waals surface area (Å²) in [6, 6.07) is 8.89. The Labute approximate surface area is 180 Å². The largest absolute Gasteiger partial charge is 0.410 e. The molecule has 4 rings (SSSR count). The zero-order chi connectivity index (χ0) is 23.0. The summed E-state index contributed by atoms with van der Waals surface area (Å²) in [7, 11) is 0. The molecule has 2 heterocycles. The summed E-state index contributed by atoms with van der Waals surface area (Å²) >= 11 is 0. The Morgan fingerprint density at radius 3 is 2.44 bits per heavy atom. The summed E-state index contributed by atoms with van der Waals surface area (Å²) in [5, 5.41) is 19.0. The summed E-state index contributed by atoms with van der Waals surface area (Å²) in [5.41, 5.74) is 1.49. The fraction of sp³-hybridized carbons (Fsp3) is 0.273. The molecule has 6 nitrogen and oxygen atoms in total. The molecule has 0 spiro atoms. The molecule has 168 valence electrons. The van der Waals surface area contributed by atoms with E-state index in [1.165, 1.54) is 24.3 Å². The third kappa shape index (κ3) is 4.31. The minimum atomic E-state index is -4.59.